The van der Waals surface area contributed by atoms with Gasteiger partial charge in [0.25, 0.3) is 0 Å². The molecule has 5 nitrogen and oxygen atoms in total. The average Bonchev–Trinajstić information content (AvgIpc) is 2.90. The van der Waals surface area contributed by atoms with Crippen molar-refractivity contribution < 1.29 is 9.13 Å². The van der Waals surface area contributed by atoms with E-state index in [1.54, 1.807) is 6.20 Å². The molecule has 0 amide bonds. The van der Waals surface area contributed by atoms with Crippen LogP contribution in [-0.4, -0.2) is 28.5 Å². The van der Waals surface area contributed by atoms with E-state index in [9.17, 15) is 4.39 Å². The Hall–Kier alpha value is -3.54. The Morgan fingerprint density at radius 1 is 1.11 bits per heavy atom. The summed E-state index contributed by atoms with van der Waals surface area (Å²) >= 11 is 0. The molecule has 2 atom stereocenters. The Balaban J connectivity index is 1.33. The molecule has 2 aromatic carbocycles. The fourth-order valence-electron chi connectivity index (χ4n) is 6.46. The first-order chi connectivity index (χ1) is 18.0. The molecule has 2 fully saturated rings. The van der Waals surface area contributed by atoms with E-state index in [0.717, 1.165) is 54.1 Å². The maximum absolute atomic E-state index is 13.8. The van der Waals surface area contributed by atoms with Gasteiger partial charge in [0.1, 0.15) is 18.5 Å². The molecule has 2 heterocycles. The summed E-state index contributed by atoms with van der Waals surface area (Å²) < 4.78 is 20.1. The summed E-state index contributed by atoms with van der Waals surface area (Å²) in [6, 6.07) is 18.9. The molecule has 1 aromatic heterocycles. The number of nitrogens with two attached hydrogens (primary N) is 1. The van der Waals surface area contributed by atoms with Gasteiger partial charge in [-0.15, -0.1) is 0 Å². The van der Waals surface area contributed by atoms with Gasteiger partial charge in [-0.1, -0.05) is 43.3 Å². The van der Waals surface area contributed by atoms with Crippen LogP contribution in [-0.2, 0) is 5.41 Å². The molecule has 6 heteroatoms. The minimum absolute atomic E-state index is 0.113. The molecule has 3 aromatic rings. The third kappa shape index (κ3) is 4.65. The Morgan fingerprint density at radius 2 is 1.95 bits per heavy atom. The first-order valence-corrected chi connectivity index (χ1v) is 13.3. The number of aliphatic imine (C=N–C) groups is 1. The zero-order valence-electron chi connectivity index (χ0n) is 21.2. The van der Waals surface area contributed by atoms with Crippen molar-refractivity contribution >= 4 is 11.7 Å². The van der Waals surface area contributed by atoms with E-state index >= 15 is 0 Å². The number of nitrogen functional groups attached to an aromatic ring is 1. The molecule has 2 unspecified atom stereocenters. The number of hydrogen-bond donors (Lipinski definition) is 1. The summed E-state index contributed by atoms with van der Waals surface area (Å²) in [5.74, 6) is 1.96. The molecule has 3 aliphatic rings. The van der Waals surface area contributed by atoms with Crippen LogP contribution in [0.2, 0.25) is 0 Å². The van der Waals surface area contributed by atoms with E-state index in [1.165, 1.54) is 11.1 Å². The normalized spacial score (nSPS) is 26.9. The maximum Gasteiger partial charge on any atom is 0.220 e. The van der Waals surface area contributed by atoms with Crippen molar-refractivity contribution in [1.82, 2.24) is 9.97 Å². The highest BCUT2D eigenvalue weighted by Crippen LogP contribution is 2.55. The van der Waals surface area contributed by atoms with Crippen LogP contribution in [0.1, 0.15) is 56.6 Å². The molecule has 1 aliphatic heterocycles. The molecular formula is C31H33FN4O. The predicted octanol–water partition coefficient (Wildman–Crippen LogP) is 6.69. The molecule has 2 N–H and O–H groups in total. The van der Waals surface area contributed by atoms with Gasteiger partial charge >= 0.3 is 0 Å². The highest BCUT2D eigenvalue weighted by Gasteiger charge is 2.46. The number of benzene rings is 2. The van der Waals surface area contributed by atoms with Crippen molar-refractivity contribution in [1.29, 1.82) is 0 Å². The van der Waals surface area contributed by atoms with Crippen LogP contribution >= 0.6 is 0 Å². The van der Waals surface area contributed by atoms with Crippen LogP contribution in [0.3, 0.4) is 0 Å². The second kappa shape index (κ2) is 9.73. The van der Waals surface area contributed by atoms with Crippen molar-refractivity contribution in [2.75, 3.05) is 12.3 Å². The monoisotopic (exact) mass is 496 g/mol. The molecule has 0 saturated heterocycles. The van der Waals surface area contributed by atoms with Crippen molar-refractivity contribution in [3.8, 4) is 17.0 Å². The molecule has 2 aliphatic carbocycles. The quantitative estimate of drug-likeness (QED) is 0.413. The second-order valence-electron chi connectivity index (χ2n) is 10.9. The number of nitrogens with zero attached hydrogens (tertiary/aromatic N) is 3. The lowest BCUT2D eigenvalue weighted by Gasteiger charge is -2.48. The first kappa shape index (κ1) is 23.8. The summed E-state index contributed by atoms with van der Waals surface area (Å²) in [4.78, 5) is 13.5. The van der Waals surface area contributed by atoms with Crippen LogP contribution < -0.4 is 10.5 Å². The first-order valence-electron chi connectivity index (χ1n) is 13.3. The third-order valence-corrected chi connectivity index (χ3v) is 8.21. The molecule has 0 bridgehead atoms. The Morgan fingerprint density at radius 3 is 2.73 bits per heavy atom. The van der Waals surface area contributed by atoms with Crippen molar-refractivity contribution in [3.63, 3.8) is 0 Å². The smallest absolute Gasteiger partial charge is 0.220 e. The second-order valence-corrected chi connectivity index (χ2v) is 10.9. The van der Waals surface area contributed by atoms with E-state index in [4.69, 9.17) is 15.5 Å². The van der Waals surface area contributed by atoms with Crippen LogP contribution in [0.4, 0.5) is 10.3 Å². The number of anilines is 1. The van der Waals surface area contributed by atoms with E-state index in [2.05, 4.69) is 65.4 Å². The SMILES string of the molecule is CC1CC(c2ccccc2)(c2cc(OCC3=CCC4CC(F)CCC4=N3)ccc2-c2ccnc(N)n2)C1. The lowest BCUT2D eigenvalue weighted by atomic mass is 9.55. The molecule has 2 saturated carbocycles. The van der Waals surface area contributed by atoms with Gasteiger partial charge in [0.2, 0.25) is 5.95 Å². The fourth-order valence-corrected chi connectivity index (χ4v) is 6.46. The highest BCUT2D eigenvalue weighted by atomic mass is 19.1. The molecule has 0 spiro atoms. The predicted molar refractivity (Wildman–Crippen MR) is 145 cm³/mol. The summed E-state index contributed by atoms with van der Waals surface area (Å²) in [5.41, 5.74) is 12.3. The summed E-state index contributed by atoms with van der Waals surface area (Å²) in [5, 5.41) is 0. The number of allylic oxidation sites excluding steroid dienone is 1. The number of alkyl halides is 1. The van der Waals surface area contributed by atoms with E-state index in [-0.39, 0.29) is 17.3 Å². The standard InChI is InChI=1S/C31H33FN4O/c1-20-17-31(18-20,22-5-3-2-4-6-22)27-16-25(10-11-26(27)29-13-14-34-30(33)36-29)37-19-24-9-7-21-15-23(32)8-12-28(21)35-24/h2-6,9-11,13-14,16,20-21,23H,7-8,12,15,17-19H2,1H3,(H2,33,34,36). The Kier molecular flexibility index (Phi) is 6.27. The fraction of sp³-hybridized carbons (Fsp3) is 0.387. The molecular weight excluding hydrogens is 463 g/mol. The van der Waals surface area contributed by atoms with Crippen LogP contribution in [0.5, 0.6) is 5.75 Å². The van der Waals surface area contributed by atoms with Gasteiger partial charge < -0.3 is 10.5 Å². The maximum atomic E-state index is 13.8. The van der Waals surface area contributed by atoms with Gasteiger partial charge in [-0.3, -0.25) is 4.99 Å². The molecule has 190 valence electrons. The molecule has 6 rings (SSSR count). The largest absolute Gasteiger partial charge is 0.487 e. The third-order valence-electron chi connectivity index (χ3n) is 8.21. The molecule has 37 heavy (non-hydrogen) atoms. The lowest BCUT2D eigenvalue weighted by Crippen LogP contribution is -2.41. The number of halogens is 1. The van der Waals surface area contributed by atoms with E-state index < -0.39 is 6.17 Å². The minimum Gasteiger partial charge on any atom is -0.487 e. The Labute approximate surface area is 217 Å². The number of hydrogen-bond acceptors (Lipinski definition) is 5. The number of fused-ring (bicyclic) bond motifs is 1. The molecule has 0 radical (unpaired) electrons. The summed E-state index contributed by atoms with van der Waals surface area (Å²) in [7, 11) is 0. The zero-order valence-corrected chi connectivity index (χ0v) is 21.2. The highest BCUT2D eigenvalue weighted by molar-refractivity contribution is 5.89. The van der Waals surface area contributed by atoms with Gasteiger partial charge in [0.05, 0.1) is 11.4 Å². The van der Waals surface area contributed by atoms with Crippen LogP contribution in [0.15, 0.2) is 77.6 Å². The number of rotatable bonds is 6. The van der Waals surface area contributed by atoms with E-state index in [1.807, 2.05) is 12.1 Å². The van der Waals surface area contributed by atoms with Gasteiger partial charge in [0.15, 0.2) is 0 Å². The topological polar surface area (TPSA) is 73.4 Å². The minimum atomic E-state index is -0.691. The van der Waals surface area contributed by atoms with E-state index in [0.29, 0.717) is 25.4 Å². The summed E-state index contributed by atoms with van der Waals surface area (Å²) in [6.45, 7) is 2.71. The van der Waals surface area contributed by atoms with Gasteiger partial charge in [0, 0.05) is 28.8 Å². The van der Waals surface area contributed by atoms with Crippen molar-refractivity contribution in [2.45, 2.75) is 57.0 Å². The van der Waals surface area contributed by atoms with Gasteiger partial charge in [-0.25, -0.2) is 14.4 Å². The van der Waals surface area contributed by atoms with Crippen molar-refractivity contribution in [2.24, 2.45) is 16.8 Å². The number of aromatic nitrogens is 2. The average molecular weight is 497 g/mol. The van der Waals surface area contributed by atoms with Crippen molar-refractivity contribution in [3.05, 3.63) is 83.7 Å². The number of ether oxygens (including phenoxy) is 1. The van der Waals surface area contributed by atoms with Gasteiger partial charge in [-0.2, -0.15) is 0 Å². The zero-order chi connectivity index (χ0) is 25.4. The Bertz CT molecular complexity index is 1350. The van der Waals surface area contributed by atoms with Crippen LogP contribution in [0.25, 0.3) is 11.3 Å². The summed E-state index contributed by atoms with van der Waals surface area (Å²) in [6.07, 6.45) is 8.04. The van der Waals surface area contributed by atoms with Crippen LogP contribution in [0, 0.1) is 11.8 Å². The lowest BCUT2D eigenvalue weighted by molar-refractivity contribution is 0.200. The van der Waals surface area contributed by atoms with Gasteiger partial charge in [-0.05, 0) is 79.8 Å².